The van der Waals surface area contributed by atoms with Crippen molar-refractivity contribution in [1.29, 1.82) is 0 Å². The lowest BCUT2D eigenvalue weighted by atomic mass is 9.85. The van der Waals surface area contributed by atoms with Gasteiger partial charge in [-0.25, -0.2) is 0 Å². The fourth-order valence-corrected chi connectivity index (χ4v) is 4.07. The van der Waals surface area contributed by atoms with E-state index in [1.165, 1.54) is 71.4 Å². The zero-order valence-corrected chi connectivity index (χ0v) is 12.8. The molecule has 0 radical (unpaired) electrons. The summed E-state index contributed by atoms with van der Waals surface area (Å²) in [5.41, 5.74) is 0.595. The Morgan fingerprint density at radius 1 is 0.895 bits per heavy atom. The van der Waals surface area contributed by atoms with Crippen LogP contribution >= 0.6 is 0 Å². The highest BCUT2D eigenvalue weighted by molar-refractivity contribution is 4.94. The number of nitrogens with one attached hydrogen (secondary N) is 1. The van der Waals surface area contributed by atoms with Crippen LogP contribution in [-0.2, 0) is 0 Å². The lowest BCUT2D eigenvalue weighted by molar-refractivity contribution is -0.00496. The highest BCUT2D eigenvalue weighted by atomic mass is 15.3. The third-order valence-corrected chi connectivity index (χ3v) is 5.62. The van der Waals surface area contributed by atoms with Crippen LogP contribution in [0.5, 0.6) is 0 Å². The lowest BCUT2D eigenvalue weighted by Gasteiger charge is -2.50. The van der Waals surface area contributed by atoms with Crippen molar-refractivity contribution < 1.29 is 0 Å². The average Bonchev–Trinajstić information content (AvgIpc) is 2.51. The van der Waals surface area contributed by atoms with Gasteiger partial charge < -0.3 is 5.32 Å². The topological polar surface area (TPSA) is 18.5 Å². The molecule has 2 aliphatic heterocycles. The van der Waals surface area contributed by atoms with Crippen LogP contribution in [-0.4, -0.2) is 61.2 Å². The highest BCUT2D eigenvalue weighted by Gasteiger charge is 2.37. The molecule has 0 amide bonds. The molecule has 19 heavy (non-hydrogen) atoms. The van der Waals surface area contributed by atoms with Gasteiger partial charge in [0.1, 0.15) is 0 Å². The molecule has 3 nitrogen and oxygen atoms in total. The van der Waals surface area contributed by atoms with Crippen LogP contribution < -0.4 is 5.32 Å². The quantitative estimate of drug-likeness (QED) is 0.770. The minimum Gasteiger partial charge on any atom is -0.314 e. The summed E-state index contributed by atoms with van der Waals surface area (Å²) in [6.45, 7) is 12.5. The maximum absolute atomic E-state index is 3.45. The minimum atomic E-state index is 0.595. The van der Waals surface area contributed by atoms with E-state index in [2.05, 4.69) is 29.0 Å². The van der Waals surface area contributed by atoms with E-state index in [-0.39, 0.29) is 0 Å². The Morgan fingerprint density at radius 3 is 2.37 bits per heavy atom. The van der Waals surface area contributed by atoms with E-state index in [1.54, 1.807) is 0 Å². The van der Waals surface area contributed by atoms with Crippen molar-refractivity contribution in [2.24, 2.45) is 5.41 Å². The van der Waals surface area contributed by atoms with E-state index in [1.807, 2.05) is 0 Å². The van der Waals surface area contributed by atoms with Crippen LogP contribution in [0.1, 0.15) is 46.0 Å². The van der Waals surface area contributed by atoms with Crippen molar-refractivity contribution in [2.75, 3.05) is 39.3 Å². The molecule has 1 N–H and O–H groups in total. The average molecular weight is 265 g/mol. The minimum absolute atomic E-state index is 0.595. The van der Waals surface area contributed by atoms with Gasteiger partial charge in [-0.2, -0.15) is 0 Å². The van der Waals surface area contributed by atoms with Crippen LogP contribution in [0.3, 0.4) is 0 Å². The Morgan fingerprint density at radius 2 is 1.63 bits per heavy atom. The van der Waals surface area contributed by atoms with Crippen LogP contribution in [0.2, 0.25) is 0 Å². The van der Waals surface area contributed by atoms with Crippen LogP contribution in [0.4, 0.5) is 0 Å². The van der Waals surface area contributed by atoms with Gasteiger partial charge in [0, 0.05) is 51.4 Å². The van der Waals surface area contributed by atoms with E-state index < -0.39 is 0 Å². The van der Waals surface area contributed by atoms with Crippen LogP contribution in [0, 0.1) is 5.41 Å². The number of hydrogen-bond donors (Lipinski definition) is 1. The third-order valence-electron chi connectivity index (χ3n) is 5.62. The first kappa shape index (κ1) is 13.8. The zero-order valence-electron chi connectivity index (χ0n) is 12.8. The van der Waals surface area contributed by atoms with Crippen molar-refractivity contribution >= 4 is 0 Å². The largest absolute Gasteiger partial charge is 0.314 e. The maximum atomic E-state index is 3.45. The predicted molar refractivity (Wildman–Crippen MR) is 80.5 cm³/mol. The summed E-state index contributed by atoms with van der Waals surface area (Å²) in [4.78, 5) is 5.47. The molecule has 1 atom stereocenters. The molecule has 3 fully saturated rings. The Kier molecular flexibility index (Phi) is 4.16. The molecule has 110 valence electrons. The smallest absolute Gasteiger partial charge is 0.0351 e. The third kappa shape index (κ3) is 3.32. The fourth-order valence-electron chi connectivity index (χ4n) is 4.07. The van der Waals surface area contributed by atoms with Gasteiger partial charge in [-0.1, -0.05) is 20.3 Å². The Bertz CT molecular complexity index is 290. The summed E-state index contributed by atoms with van der Waals surface area (Å²) in [6.07, 6.45) is 7.16. The summed E-state index contributed by atoms with van der Waals surface area (Å²) in [5, 5.41) is 3.45. The molecule has 1 saturated carbocycles. The Labute approximate surface area is 118 Å². The van der Waals surface area contributed by atoms with Crippen LogP contribution in [0.25, 0.3) is 0 Å². The second-order valence-corrected chi connectivity index (χ2v) is 7.64. The summed E-state index contributed by atoms with van der Waals surface area (Å²) in [7, 11) is 0. The normalized spacial score (nSPS) is 34.7. The van der Waals surface area contributed by atoms with Crippen molar-refractivity contribution in [1.82, 2.24) is 15.1 Å². The first-order valence-electron chi connectivity index (χ1n) is 8.33. The summed E-state index contributed by atoms with van der Waals surface area (Å²) in [6, 6.07) is 1.75. The van der Waals surface area contributed by atoms with Gasteiger partial charge in [0.2, 0.25) is 0 Å². The Balaban J connectivity index is 1.45. The molecule has 2 saturated heterocycles. The molecule has 0 bridgehead atoms. The van der Waals surface area contributed by atoms with Crippen molar-refractivity contribution in [3.8, 4) is 0 Å². The molecule has 1 unspecified atom stereocenters. The standard InChI is InChI=1S/C16H31N3/c1-16(2)6-3-4-14(5-7-16)19-12-15(13-19)18-10-8-17-9-11-18/h14-15,17H,3-13H2,1-2H3. The zero-order chi connectivity index (χ0) is 13.3. The first-order valence-corrected chi connectivity index (χ1v) is 8.33. The van der Waals surface area contributed by atoms with Gasteiger partial charge in [0.15, 0.2) is 0 Å². The number of nitrogens with zero attached hydrogens (tertiary/aromatic N) is 2. The van der Waals surface area contributed by atoms with Gasteiger partial charge in [-0.05, 0) is 31.1 Å². The molecule has 0 spiro atoms. The van der Waals surface area contributed by atoms with Crippen molar-refractivity contribution in [3.63, 3.8) is 0 Å². The molecule has 0 aromatic carbocycles. The number of rotatable bonds is 2. The number of hydrogen-bond acceptors (Lipinski definition) is 3. The summed E-state index contributed by atoms with van der Waals surface area (Å²) < 4.78 is 0. The Hall–Kier alpha value is -0.120. The predicted octanol–water partition coefficient (Wildman–Crippen LogP) is 1.93. The highest BCUT2D eigenvalue weighted by Crippen LogP contribution is 2.36. The van der Waals surface area contributed by atoms with E-state index in [0.717, 1.165) is 12.1 Å². The number of piperazine rings is 1. The van der Waals surface area contributed by atoms with Gasteiger partial charge in [-0.3, -0.25) is 9.80 Å². The summed E-state index contributed by atoms with van der Waals surface area (Å²) in [5.74, 6) is 0. The molecule has 3 aliphatic rings. The number of likely N-dealkylation sites (tertiary alicyclic amines) is 1. The van der Waals surface area contributed by atoms with Crippen molar-refractivity contribution in [2.45, 2.75) is 58.0 Å². The second-order valence-electron chi connectivity index (χ2n) is 7.64. The molecule has 1 aliphatic carbocycles. The van der Waals surface area contributed by atoms with Gasteiger partial charge in [-0.15, -0.1) is 0 Å². The van der Waals surface area contributed by atoms with Crippen LogP contribution in [0.15, 0.2) is 0 Å². The first-order chi connectivity index (χ1) is 9.14. The molecule has 0 aromatic heterocycles. The van der Waals surface area contributed by atoms with E-state index >= 15 is 0 Å². The molecule has 3 rings (SSSR count). The molecular formula is C16H31N3. The molecule has 2 heterocycles. The maximum Gasteiger partial charge on any atom is 0.0351 e. The molecule has 3 heteroatoms. The fraction of sp³-hybridized carbons (Fsp3) is 1.00. The molecule has 0 aromatic rings. The van der Waals surface area contributed by atoms with E-state index in [0.29, 0.717) is 5.41 Å². The van der Waals surface area contributed by atoms with E-state index in [9.17, 15) is 0 Å². The molecular weight excluding hydrogens is 234 g/mol. The SMILES string of the molecule is CC1(C)CCCC(N2CC(N3CCNCC3)C2)CC1. The van der Waals surface area contributed by atoms with Gasteiger partial charge in [0.05, 0.1) is 0 Å². The van der Waals surface area contributed by atoms with E-state index in [4.69, 9.17) is 0 Å². The van der Waals surface area contributed by atoms with Gasteiger partial charge >= 0.3 is 0 Å². The lowest BCUT2D eigenvalue weighted by Crippen LogP contribution is -2.64. The summed E-state index contributed by atoms with van der Waals surface area (Å²) >= 11 is 0. The monoisotopic (exact) mass is 265 g/mol. The van der Waals surface area contributed by atoms with Gasteiger partial charge in [0.25, 0.3) is 0 Å². The van der Waals surface area contributed by atoms with Crippen molar-refractivity contribution in [3.05, 3.63) is 0 Å². The second kappa shape index (κ2) is 5.71.